The van der Waals surface area contributed by atoms with Crippen molar-refractivity contribution in [2.24, 2.45) is 11.8 Å². The van der Waals surface area contributed by atoms with Crippen LogP contribution in [0.3, 0.4) is 0 Å². The molecule has 22 heavy (non-hydrogen) atoms. The van der Waals surface area contributed by atoms with Crippen molar-refractivity contribution in [3.05, 3.63) is 30.6 Å². The van der Waals surface area contributed by atoms with E-state index in [0.717, 1.165) is 32.5 Å². The summed E-state index contributed by atoms with van der Waals surface area (Å²) in [5.74, 6) is 1.38. The lowest BCUT2D eigenvalue weighted by Gasteiger charge is -2.26. The van der Waals surface area contributed by atoms with Crippen LogP contribution in [0.2, 0.25) is 0 Å². The second-order valence-electron chi connectivity index (χ2n) is 6.66. The molecule has 0 aliphatic carbocycles. The van der Waals surface area contributed by atoms with Gasteiger partial charge in [-0.25, -0.2) is 4.57 Å². The maximum absolute atomic E-state index is 12.3. The van der Waals surface area contributed by atoms with E-state index in [2.05, 4.69) is 44.7 Å². The number of hydrogen-bond acceptors (Lipinski definition) is 1. The first-order chi connectivity index (χ1) is 9.99. The molecule has 0 unspecified atom stereocenters. The van der Waals surface area contributed by atoms with E-state index >= 15 is 0 Å². The first-order valence-electron chi connectivity index (χ1n) is 8.21. The molecular formula is C18H31BrN2O. The normalized spacial score (nSPS) is 10.6. The second-order valence-corrected chi connectivity index (χ2v) is 6.66. The summed E-state index contributed by atoms with van der Waals surface area (Å²) < 4.78 is 2.17. The Kier molecular flexibility index (Phi) is 11.2. The van der Waals surface area contributed by atoms with Crippen LogP contribution >= 0.6 is 0 Å². The van der Waals surface area contributed by atoms with Crippen LogP contribution in [0, 0.1) is 11.8 Å². The van der Waals surface area contributed by atoms with Crippen LogP contribution in [-0.2, 0) is 11.3 Å². The van der Waals surface area contributed by atoms with Gasteiger partial charge in [0.05, 0.1) is 0 Å². The van der Waals surface area contributed by atoms with Crippen LogP contribution in [0.25, 0.3) is 0 Å². The highest BCUT2D eigenvalue weighted by atomic mass is 79.9. The van der Waals surface area contributed by atoms with Crippen molar-refractivity contribution in [1.82, 2.24) is 4.90 Å². The molecule has 0 aromatic carbocycles. The first kappa shape index (κ1) is 21.1. The van der Waals surface area contributed by atoms with Gasteiger partial charge in [-0.3, -0.25) is 4.79 Å². The Morgan fingerprint density at radius 3 is 2.00 bits per heavy atom. The second kappa shape index (κ2) is 11.6. The molecule has 0 aliphatic rings. The van der Waals surface area contributed by atoms with Crippen molar-refractivity contribution in [3.63, 3.8) is 0 Å². The number of pyridine rings is 1. The average molecular weight is 371 g/mol. The smallest absolute Gasteiger partial charge is 0.222 e. The van der Waals surface area contributed by atoms with Gasteiger partial charge in [0.2, 0.25) is 5.91 Å². The Bertz CT molecular complexity index is 397. The molecular weight excluding hydrogens is 340 g/mol. The molecule has 3 nitrogen and oxygen atoms in total. The van der Waals surface area contributed by atoms with E-state index in [0.29, 0.717) is 24.2 Å². The van der Waals surface area contributed by atoms with Gasteiger partial charge in [0.25, 0.3) is 0 Å². The molecule has 1 aromatic rings. The van der Waals surface area contributed by atoms with Crippen LogP contribution in [0.5, 0.6) is 0 Å². The zero-order valence-corrected chi connectivity index (χ0v) is 16.1. The number of aromatic nitrogens is 1. The number of rotatable bonds is 9. The average Bonchev–Trinajstić information content (AvgIpc) is 2.43. The van der Waals surface area contributed by atoms with Gasteiger partial charge in [0, 0.05) is 38.1 Å². The van der Waals surface area contributed by atoms with E-state index in [9.17, 15) is 4.79 Å². The van der Waals surface area contributed by atoms with Crippen LogP contribution in [-0.4, -0.2) is 23.9 Å². The molecule has 0 atom stereocenters. The zero-order valence-electron chi connectivity index (χ0n) is 14.5. The summed E-state index contributed by atoms with van der Waals surface area (Å²) >= 11 is 0. The summed E-state index contributed by atoms with van der Waals surface area (Å²) in [7, 11) is 0. The van der Waals surface area contributed by atoms with Gasteiger partial charge < -0.3 is 21.9 Å². The molecule has 1 rings (SSSR count). The Morgan fingerprint density at radius 2 is 1.50 bits per heavy atom. The lowest BCUT2D eigenvalue weighted by molar-refractivity contribution is -0.697. The van der Waals surface area contributed by atoms with Crippen LogP contribution < -0.4 is 21.5 Å². The minimum Gasteiger partial charge on any atom is -1.00 e. The molecule has 0 fully saturated rings. The summed E-state index contributed by atoms with van der Waals surface area (Å²) in [6.07, 6.45) is 6.84. The van der Waals surface area contributed by atoms with Gasteiger partial charge in [0.15, 0.2) is 12.4 Å². The van der Waals surface area contributed by atoms with Crippen molar-refractivity contribution < 1.29 is 26.3 Å². The minimum absolute atomic E-state index is 0. The Morgan fingerprint density at radius 1 is 0.955 bits per heavy atom. The van der Waals surface area contributed by atoms with Gasteiger partial charge in [-0.1, -0.05) is 33.8 Å². The molecule has 0 N–H and O–H groups in total. The number of nitrogens with zero attached hydrogens (tertiary/aromatic N) is 2. The SMILES string of the molecule is CC(C)CN(CC(C)C)C(=O)CCCC[n+]1ccccc1.[Br-]. The molecule has 1 heterocycles. The third kappa shape index (κ3) is 9.19. The van der Waals surface area contributed by atoms with E-state index in [4.69, 9.17) is 0 Å². The molecule has 0 radical (unpaired) electrons. The van der Waals surface area contributed by atoms with E-state index in [-0.39, 0.29) is 17.0 Å². The number of aryl methyl sites for hydroxylation is 1. The van der Waals surface area contributed by atoms with Crippen molar-refractivity contribution in [2.45, 2.75) is 53.5 Å². The first-order valence-corrected chi connectivity index (χ1v) is 8.21. The van der Waals surface area contributed by atoms with E-state index in [1.807, 2.05) is 23.1 Å². The lowest BCUT2D eigenvalue weighted by atomic mass is 10.1. The highest BCUT2D eigenvalue weighted by Gasteiger charge is 2.15. The van der Waals surface area contributed by atoms with Crippen molar-refractivity contribution >= 4 is 5.91 Å². The third-order valence-corrected chi connectivity index (χ3v) is 3.36. The largest absolute Gasteiger partial charge is 1.00 e. The Balaban J connectivity index is 0.00000441. The van der Waals surface area contributed by atoms with Gasteiger partial charge in [0.1, 0.15) is 6.54 Å². The highest BCUT2D eigenvalue weighted by Crippen LogP contribution is 2.08. The number of unbranched alkanes of at least 4 members (excludes halogenated alkanes) is 1. The van der Waals surface area contributed by atoms with Crippen molar-refractivity contribution in [3.8, 4) is 0 Å². The molecule has 0 spiro atoms. The summed E-state index contributed by atoms with van der Waals surface area (Å²) in [6.45, 7) is 11.4. The molecule has 1 aromatic heterocycles. The predicted octanol–water partition coefficient (Wildman–Crippen LogP) is 0.289. The quantitative estimate of drug-likeness (QED) is 0.452. The summed E-state index contributed by atoms with van der Waals surface area (Å²) in [4.78, 5) is 14.4. The monoisotopic (exact) mass is 370 g/mol. The predicted molar refractivity (Wildman–Crippen MR) is 86.7 cm³/mol. The van der Waals surface area contributed by atoms with E-state index in [1.54, 1.807) is 0 Å². The Hall–Kier alpha value is -0.900. The van der Waals surface area contributed by atoms with Crippen LogP contribution in [0.1, 0.15) is 47.0 Å². The van der Waals surface area contributed by atoms with Crippen molar-refractivity contribution in [1.29, 1.82) is 0 Å². The number of halogens is 1. The maximum Gasteiger partial charge on any atom is 0.222 e. The summed E-state index contributed by atoms with van der Waals surface area (Å²) in [5, 5.41) is 0. The molecule has 1 amide bonds. The zero-order chi connectivity index (χ0) is 15.7. The fourth-order valence-corrected chi connectivity index (χ4v) is 2.47. The minimum atomic E-state index is 0. The fraction of sp³-hybridized carbons (Fsp3) is 0.667. The highest BCUT2D eigenvalue weighted by molar-refractivity contribution is 5.76. The van der Waals surface area contributed by atoms with E-state index in [1.165, 1.54) is 0 Å². The third-order valence-electron chi connectivity index (χ3n) is 3.36. The van der Waals surface area contributed by atoms with Crippen LogP contribution in [0.4, 0.5) is 0 Å². The van der Waals surface area contributed by atoms with Gasteiger partial charge in [-0.15, -0.1) is 0 Å². The topological polar surface area (TPSA) is 24.2 Å². The maximum atomic E-state index is 12.3. The standard InChI is InChI=1S/C18H31N2O.BrH/c1-16(2)14-20(15-17(3)4)18(21)10-6-9-13-19-11-7-5-8-12-19;/h5,7-8,11-12,16-17H,6,9-10,13-15H2,1-4H3;1H/q+1;/p-1. The number of carbonyl (C=O) groups is 1. The van der Waals surface area contributed by atoms with Gasteiger partial charge >= 0.3 is 0 Å². The molecule has 4 heteroatoms. The van der Waals surface area contributed by atoms with E-state index < -0.39 is 0 Å². The number of carbonyl (C=O) groups excluding carboxylic acids is 1. The molecule has 0 aliphatic heterocycles. The number of amides is 1. The molecule has 0 saturated heterocycles. The van der Waals surface area contributed by atoms with Crippen molar-refractivity contribution in [2.75, 3.05) is 13.1 Å². The van der Waals surface area contributed by atoms with Gasteiger partial charge in [-0.05, 0) is 18.3 Å². The van der Waals surface area contributed by atoms with Gasteiger partial charge in [-0.2, -0.15) is 0 Å². The molecule has 126 valence electrons. The lowest BCUT2D eigenvalue weighted by Crippen LogP contribution is -3.00. The van der Waals surface area contributed by atoms with Crippen LogP contribution in [0.15, 0.2) is 30.6 Å². The fourth-order valence-electron chi connectivity index (χ4n) is 2.47. The number of hydrogen-bond donors (Lipinski definition) is 0. The Labute approximate surface area is 146 Å². The summed E-state index contributed by atoms with van der Waals surface area (Å²) in [6, 6.07) is 6.10. The summed E-state index contributed by atoms with van der Waals surface area (Å²) in [5.41, 5.74) is 0. The molecule has 0 saturated carbocycles. The molecule has 0 bridgehead atoms.